The van der Waals surface area contributed by atoms with Crippen molar-refractivity contribution in [3.05, 3.63) is 70.2 Å². The van der Waals surface area contributed by atoms with Crippen molar-refractivity contribution in [1.29, 1.82) is 0 Å². The molecule has 1 saturated heterocycles. The van der Waals surface area contributed by atoms with Crippen LogP contribution in [0.15, 0.2) is 48.5 Å². The zero-order valence-electron chi connectivity index (χ0n) is 13.5. The van der Waals surface area contributed by atoms with Gasteiger partial charge in [-0.15, -0.1) is 0 Å². The first-order valence-electron chi connectivity index (χ1n) is 8.11. The van der Waals surface area contributed by atoms with Crippen molar-refractivity contribution < 1.29 is 9.90 Å². The van der Waals surface area contributed by atoms with Crippen molar-refractivity contribution in [2.45, 2.75) is 13.1 Å². The Labute approximate surface area is 147 Å². The maximum atomic E-state index is 10.9. The van der Waals surface area contributed by atoms with E-state index >= 15 is 0 Å². The zero-order valence-corrected chi connectivity index (χ0v) is 14.2. The minimum atomic E-state index is -0.879. The Bertz CT molecular complexity index is 695. The maximum absolute atomic E-state index is 10.9. The van der Waals surface area contributed by atoms with Gasteiger partial charge < -0.3 is 5.11 Å². The molecule has 0 bridgehead atoms. The first kappa shape index (κ1) is 17.0. The number of aromatic carboxylic acids is 1. The molecule has 0 spiro atoms. The fraction of sp³-hybridized carbons (Fsp3) is 0.316. The minimum absolute atomic E-state index is 0.338. The fourth-order valence-electron chi connectivity index (χ4n) is 3.01. The van der Waals surface area contributed by atoms with E-state index in [1.54, 1.807) is 12.1 Å². The highest BCUT2D eigenvalue weighted by atomic mass is 35.5. The first-order chi connectivity index (χ1) is 11.6. The second kappa shape index (κ2) is 7.79. The number of rotatable bonds is 5. The van der Waals surface area contributed by atoms with E-state index in [1.807, 2.05) is 30.3 Å². The van der Waals surface area contributed by atoms with Gasteiger partial charge in [0.25, 0.3) is 0 Å². The Hall–Kier alpha value is -1.88. The standard InChI is InChI=1S/C19H21ClN2O2/c20-18-3-1-2-16(12-18)14-22-10-8-21(9-11-22)13-15-4-6-17(7-5-15)19(23)24/h1-7,12H,8-11,13-14H2,(H,23,24). The van der Waals surface area contributed by atoms with Crippen molar-refractivity contribution in [3.63, 3.8) is 0 Å². The summed E-state index contributed by atoms with van der Waals surface area (Å²) in [6, 6.07) is 15.2. The van der Waals surface area contributed by atoms with Crippen LogP contribution in [-0.2, 0) is 13.1 Å². The number of carboxylic acids is 1. The molecule has 1 aliphatic rings. The van der Waals surface area contributed by atoms with Gasteiger partial charge in [0.15, 0.2) is 0 Å². The Balaban J connectivity index is 1.49. The second-order valence-corrected chi connectivity index (χ2v) is 6.62. The molecule has 0 atom stereocenters. The van der Waals surface area contributed by atoms with Crippen LogP contribution in [0.3, 0.4) is 0 Å². The van der Waals surface area contributed by atoms with E-state index in [0.717, 1.165) is 49.9 Å². The Morgan fingerprint density at radius 1 is 0.917 bits per heavy atom. The van der Waals surface area contributed by atoms with Crippen LogP contribution in [0.2, 0.25) is 5.02 Å². The smallest absolute Gasteiger partial charge is 0.335 e. The number of hydrogen-bond acceptors (Lipinski definition) is 3. The number of carboxylic acid groups (broad SMARTS) is 1. The number of hydrogen-bond donors (Lipinski definition) is 1. The van der Waals surface area contributed by atoms with Crippen LogP contribution >= 0.6 is 11.6 Å². The predicted molar refractivity (Wildman–Crippen MR) is 95.4 cm³/mol. The molecule has 1 fully saturated rings. The summed E-state index contributed by atoms with van der Waals surface area (Å²) < 4.78 is 0. The topological polar surface area (TPSA) is 43.8 Å². The van der Waals surface area contributed by atoms with Gasteiger partial charge in [-0.1, -0.05) is 35.9 Å². The third kappa shape index (κ3) is 4.57. The van der Waals surface area contributed by atoms with Crippen molar-refractivity contribution >= 4 is 17.6 Å². The summed E-state index contributed by atoms with van der Waals surface area (Å²) in [5, 5.41) is 9.73. The highest BCUT2D eigenvalue weighted by Crippen LogP contribution is 2.15. The third-order valence-corrected chi connectivity index (χ3v) is 4.60. The fourth-order valence-corrected chi connectivity index (χ4v) is 3.22. The van der Waals surface area contributed by atoms with E-state index in [2.05, 4.69) is 15.9 Å². The molecule has 0 amide bonds. The van der Waals surface area contributed by atoms with Crippen LogP contribution in [0.1, 0.15) is 21.5 Å². The van der Waals surface area contributed by atoms with Gasteiger partial charge in [0, 0.05) is 44.3 Å². The summed E-state index contributed by atoms with van der Waals surface area (Å²) in [5.74, 6) is -0.879. The molecule has 1 aliphatic heterocycles. The monoisotopic (exact) mass is 344 g/mol. The van der Waals surface area contributed by atoms with Crippen molar-refractivity contribution in [1.82, 2.24) is 9.80 Å². The largest absolute Gasteiger partial charge is 0.478 e. The lowest BCUT2D eigenvalue weighted by Gasteiger charge is -2.34. The highest BCUT2D eigenvalue weighted by molar-refractivity contribution is 6.30. The van der Waals surface area contributed by atoms with Crippen molar-refractivity contribution in [3.8, 4) is 0 Å². The third-order valence-electron chi connectivity index (χ3n) is 4.37. The summed E-state index contributed by atoms with van der Waals surface area (Å²) in [7, 11) is 0. The summed E-state index contributed by atoms with van der Waals surface area (Å²) in [6.45, 7) is 5.88. The number of benzene rings is 2. The molecule has 2 aromatic rings. The summed E-state index contributed by atoms with van der Waals surface area (Å²) in [5.41, 5.74) is 2.74. The average Bonchev–Trinajstić information content (AvgIpc) is 2.57. The first-order valence-corrected chi connectivity index (χ1v) is 8.49. The molecule has 3 rings (SSSR count). The van der Waals surface area contributed by atoms with Crippen LogP contribution in [-0.4, -0.2) is 47.1 Å². The molecule has 1 heterocycles. The molecule has 1 N–H and O–H groups in total. The van der Waals surface area contributed by atoms with Crippen LogP contribution in [0.25, 0.3) is 0 Å². The summed E-state index contributed by atoms with van der Waals surface area (Å²) in [4.78, 5) is 15.7. The summed E-state index contributed by atoms with van der Waals surface area (Å²) >= 11 is 6.04. The quantitative estimate of drug-likeness (QED) is 0.903. The van der Waals surface area contributed by atoms with Gasteiger partial charge in [0.1, 0.15) is 0 Å². The number of nitrogens with zero attached hydrogens (tertiary/aromatic N) is 2. The Morgan fingerprint density at radius 2 is 1.50 bits per heavy atom. The van der Waals surface area contributed by atoms with Gasteiger partial charge in [-0.2, -0.15) is 0 Å². The lowest BCUT2D eigenvalue weighted by atomic mass is 10.1. The van der Waals surface area contributed by atoms with E-state index < -0.39 is 5.97 Å². The molecular weight excluding hydrogens is 324 g/mol. The van der Waals surface area contributed by atoms with Crippen LogP contribution < -0.4 is 0 Å². The van der Waals surface area contributed by atoms with Crippen molar-refractivity contribution in [2.75, 3.05) is 26.2 Å². The second-order valence-electron chi connectivity index (χ2n) is 6.18. The van der Waals surface area contributed by atoms with Gasteiger partial charge in [0.2, 0.25) is 0 Å². The van der Waals surface area contributed by atoms with Gasteiger partial charge in [0.05, 0.1) is 5.56 Å². The van der Waals surface area contributed by atoms with Crippen LogP contribution in [0, 0.1) is 0 Å². The molecular formula is C19H21ClN2O2. The van der Waals surface area contributed by atoms with Gasteiger partial charge in [-0.05, 0) is 35.4 Å². The van der Waals surface area contributed by atoms with Gasteiger partial charge in [-0.25, -0.2) is 4.79 Å². The molecule has 5 heteroatoms. The number of halogens is 1. The van der Waals surface area contributed by atoms with E-state index in [1.165, 1.54) is 5.56 Å². The van der Waals surface area contributed by atoms with E-state index in [0.29, 0.717) is 5.56 Å². The van der Waals surface area contributed by atoms with E-state index in [9.17, 15) is 4.79 Å². The molecule has 126 valence electrons. The highest BCUT2D eigenvalue weighted by Gasteiger charge is 2.17. The molecule has 4 nitrogen and oxygen atoms in total. The van der Waals surface area contributed by atoms with Crippen molar-refractivity contribution in [2.24, 2.45) is 0 Å². The predicted octanol–water partition coefficient (Wildman–Crippen LogP) is 3.36. The summed E-state index contributed by atoms with van der Waals surface area (Å²) in [6.07, 6.45) is 0. The SMILES string of the molecule is O=C(O)c1ccc(CN2CCN(Cc3cccc(Cl)c3)CC2)cc1. The molecule has 0 aliphatic carbocycles. The average molecular weight is 345 g/mol. The molecule has 0 saturated carbocycles. The molecule has 2 aromatic carbocycles. The maximum Gasteiger partial charge on any atom is 0.335 e. The number of carbonyl (C=O) groups is 1. The Kier molecular flexibility index (Phi) is 5.51. The van der Waals surface area contributed by atoms with Crippen LogP contribution in [0.5, 0.6) is 0 Å². The normalized spacial score (nSPS) is 16.2. The lowest BCUT2D eigenvalue weighted by molar-refractivity contribution is 0.0697. The molecule has 24 heavy (non-hydrogen) atoms. The molecule has 0 unspecified atom stereocenters. The van der Waals surface area contributed by atoms with Gasteiger partial charge >= 0.3 is 5.97 Å². The van der Waals surface area contributed by atoms with E-state index in [4.69, 9.17) is 16.7 Å². The van der Waals surface area contributed by atoms with E-state index in [-0.39, 0.29) is 0 Å². The molecule has 0 radical (unpaired) electrons. The van der Waals surface area contributed by atoms with Crippen LogP contribution in [0.4, 0.5) is 0 Å². The molecule has 0 aromatic heterocycles. The Morgan fingerprint density at radius 3 is 2.04 bits per heavy atom. The van der Waals surface area contributed by atoms with Gasteiger partial charge in [-0.3, -0.25) is 9.80 Å². The zero-order chi connectivity index (χ0) is 16.9. The minimum Gasteiger partial charge on any atom is -0.478 e. The lowest BCUT2D eigenvalue weighted by Crippen LogP contribution is -2.45. The number of piperazine rings is 1.